The summed E-state index contributed by atoms with van der Waals surface area (Å²) in [6, 6.07) is 0. The van der Waals surface area contributed by atoms with Gasteiger partial charge in [0.15, 0.2) is 0 Å². The molecular weight excluding hydrogens is 218 g/mol. The fourth-order valence-electron chi connectivity index (χ4n) is 0.524. The minimum absolute atomic E-state index is 0. The van der Waals surface area contributed by atoms with E-state index in [-0.39, 0.29) is 42.4 Å². The first-order valence-corrected chi connectivity index (χ1v) is 5.95. The molecule has 0 aromatic carbocycles. The zero-order chi connectivity index (χ0) is 10.5. The van der Waals surface area contributed by atoms with Crippen LogP contribution in [0, 0.1) is 11.8 Å². The zero-order valence-electron chi connectivity index (χ0n) is 9.27. The van der Waals surface area contributed by atoms with Crippen molar-refractivity contribution in [3.05, 3.63) is 0 Å². The number of hydrogen-bond donors (Lipinski definition) is 1. The highest BCUT2D eigenvalue weighted by molar-refractivity contribution is 7.47. The van der Waals surface area contributed by atoms with Crippen LogP contribution in [0.3, 0.4) is 0 Å². The van der Waals surface area contributed by atoms with Crippen LogP contribution in [0.1, 0.15) is 27.7 Å². The molecule has 0 fully saturated rings. The van der Waals surface area contributed by atoms with Gasteiger partial charge in [-0.3, -0.25) is 9.05 Å². The molecule has 1 N–H and O–H groups in total. The van der Waals surface area contributed by atoms with Crippen molar-refractivity contribution in [2.24, 2.45) is 11.8 Å². The molecule has 0 aliphatic carbocycles. The molecule has 83 valence electrons. The topological polar surface area (TPSA) is 55.8 Å². The van der Waals surface area contributed by atoms with E-state index in [1.807, 2.05) is 27.7 Å². The molecule has 0 aromatic rings. The number of hydrogen-bond acceptors (Lipinski definition) is 3. The Morgan fingerprint density at radius 3 is 1.57 bits per heavy atom. The van der Waals surface area contributed by atoms with Crippen molar-refractivity contribution in [3.63, 3.8) is 0 Å². The van der Waals surface area contributed by atoms with Crippen molar-refractivity contribution in [2.45, 2.75) is 27.7 Å². The van der Waals surface area contributed by atoms with E-state index in [1.165, 1.54) is 0 Å². The van der Waals surface area contributed by atoms with Gasteiger partial charge in [-0.2, -0.15) is 0 Å². The molecule has 0 aliphatic heterocycles. The maximum atomic E-state index is 11.1. The molecule has 0 aromatic heterocycles. The molecule has 0 atom stereocenters. The Balaban J connectivity index is 0. The summed E-state index contributed by atoms with van der Waals surface area (Å²) in [6.07, 6.45) is 0. The SMILES string of the molecule is CC(C)COP(=O)(O)OCC(C)C.[Al]. The van der Waals surface area contributed by atoms with Gasteiger partial charge in [-0.1, -0.05) is 27.7 Å². The summed E-state index contributed by atoms with van der Waals surface area (Å²) >= 11 is 0. The number of rotatable bonds is 6. The lowest BCUT2D eigenvalue weighted by molar-refractivity contribution is 0.126. The van der Waals surface area contributed by atoms with E-state index < -0.39 is 7.82 Å². The maximum absolute atomic E-state index is 11.1. The van der Waals surface area contributed by atoms with Gasteiger partial charge < -0.3 is 4.89 Å². The van der Waals surface area contributed by atoms with Crippen molar-refractivity contribution >= 4 is 25.2 Å². The lowest BCUT2D eigenvalue weighted by Gasteiger charge is -2.14. The van der Waals surface area contributed by atoms with Crippen LogP contribution < -0.4 is 0 Å². The van der Waals surface area contributed by atoms with E-state index in [0.717, 1.165) is 0 Å². The highest BCUT2D eigenvalue weighted by atomic mass is 31.2. The third kappa shape index (κ3) is 10.7. The molecule has 3 radical (unpaired) electrons. The van der Waals surface area contributed by atoms with Crippen LogP contribution in [-0.2, 0) is 13.6 Å². The minimum atomic E-state index is -3.80. The molecule has 0 heterocycles. The molecule has 0 spiro atoms. The van der Waals surface area contributed by atoms with E-state index in [1.54, 1.807) is 0 Å². The summed E-state index contributed by atoms with van der Waals surface area (Å²) in [5, 5.41) is 0. The Morgan fingerprint density at radius 1 is 1.07 bits per heavy atom. The van der Waals surface area contributed by atoms with Crippen LogP contribution in [-0.4, -0.2) is 35.5 Å². The molecule has 0 bridgehead atoms. The Labute approximate surface area is 96.7 Å². The summed E-state index contributed by atoms with van der Waals surface area (Å²) in [4.78, 5) is 9.12. The smallest absolute Gasteiger partial charge is 0.302 e. The summed E-state index contributed by atoms with van der Waals surface area (Å²) in [5.74, 6) is 0.450. The lowest BCUT2D eigenvalue weighted by atomic mass is 10.2. The van der Waals surface area contributed by atoms with Gasteiger partial charge in [0.2, 0.25) is 0 Å². The summed E-state index contributed by atoms with van der Waals surface area (Å²) in [6.45, 7) is 8.10. The molecule has 0 rings (SSSR count). The third-order valence-electron chi connectivity index (χ3n) is 1.14. The number of phosphoric acid groups is 1. The largest absolute Gasteiger partial charge is 0.472 e. The van der Waals surface area contributed by atoms with E-state index in [4.69, 9.17) is 13.9 Å². The second-order valence-corrected chi connectivity index (χ2v) is 5.30. The van der Waals surface area contributed by atoms with E-state index in [0.29, 0.717) is 0 Å². The van der Waals surface area contributed by atoms with E-state index >= 15 is 0 Å². The first kappa shape index (κ1) is 17.1. The van der Waals surface area contributed by atoms with Crippen molar-refractivity contribution in [2.75, 3.05) is 13.2 Å². The van der Waals surface area contributed by atoms with Gasteiger partial charge in [-0.05, 0) is 11.8 Å². The molecule has 0 unspecified atom stereocenters. The zero-order valence-corrected chi connectivity index (χ0v) is 11.3. The standard InChI is InChI=1S/C8H19O4P.Al/c1-7(2)5-11-13(9,10)12-6-8(3)4;/h7-8H,5-6H2,1-4H3,(H,9,10);. The van der Waals surface area contributed by atoms with Crippen molar-refractivity contribution in [3.8, 4) is 0 Å². The first-order valence-electron chi connectivity index (χ1n) is 4.45. The van der Waals surface area contributed by atoms with Gasteiger partial charge in [0.25, 0.3) is 0 Å². The van der Waals surface area contributed by atoms with Gasteiger partial charge >= 0.3 is 7.82 Å². The maximum Gasteiger partial charge on any atom is 0.472 e. The van der Waals surface area contributed by atoms with Crippen molar-refractivity contribution in [1.82, 2.24) is 0 Å². The van der Waals surface area contributed by atoms with E-state index in [9.17, 15) is 4.57 Å². The third-order valence-corrected chi connectivity index (χ3v) is 2.09. The second kappa shape index (κ2) is 7.87. The summed E-state index contributed by atoms with van der Waals surface area (Å²) in [5.41, 5.74) is 0. The summed E-state index contributed by atoms with van der Waals surface area (Å²) in [7, 11) is -3.80. The average molecular weight is 237 g/mol. The predicted molar refractivity (Wildman–Crippen MR) is 57.2 cm³/mol. The summed E-state index contributed by atoms with van der Waals surface area (Å²) < 4.78 is 20.6. The molecule has 0 aliphatic rings. The van der Waals surface area contributed by atoms with Gasteiger partial charge in [0, 0.05) is 17.4 Å². The fourth-order valence-corrected chi connectivity index (χ4v) is 1.57. The van der Waals surface area contributed by atoms with Crippen LogP contribution >= 0.6 is 7.82 Å². The minimum Gasteiger partial charge on any atom is -0.302 e. The molecule has 0 amide bonds. The fraction of sp³-hybridized carbons (Fsp3) is 1.00. The van der Waals surface area contributed by atoms with Crippen LogP contribution in [0.25, 0.3) is 0 Å². The van der Waals surface area contributed by atoms with Crippen LogP contribution in [0.2, 0.25) is 0 Å². The molecule has 6 heteroatoms. The monoisotopic (exact) mass is 237 g/mol. The van der Waals surface area contributed by atoms with Crippen molar-refractivity contribution in [1.29, 1.82) is 0 Å². The van der Waals surface area contributed by atoms with Crippen LogP contribution in [0.4, 0.5) is 0 Å². The molecule has 4 nitrogen and oxygen atoms in total. The predicted octanol–water partition coefficient (Wildman–Crippen LogP) is 2.05. The van der Waals surface area contributed by atoms with Gasteiger partial charge in [0.05, 0.1) is 13.2 Å². The molecule has 0 saturated carbocycles. The average Bonchev–Trinajstić information content (AvgIpc) is 1.98. The molecule has 14 heavy (non-hydrogen) atoms. The second-order valence-electron chi connectivity index (χ2n) is 3.85. The van der Waals surface area contributed by atoms with Crippen molar-refractivity contribution < 1.29 is 18.5 Å². The normalized spacial score (nSPS) is 11.9. The molecular formula is C8H19AlO4P. The number of phosphoric ester groups is 1. The van der Waals surface area contributed by atoms with E-state index in [2.05, 4.69) is 0 Å². The van der Waals surface area contributed by atoms with Crippen LogP contribution in [0.15, 0.2) is 0 Å². The highest BCUT2D eigenvalue weighted by Crippen LogP contribution is 2.43. The quantitative estimate of drug-likeness (QED) is 0.567. The Bertz CT molecular complexity index is 168. The Hall–Kier alpha value is 0.642. The Morgan fingerprint density at radius 2 is 1.36 bits per heavy atom. The van der Waals surface area contributed by atoms with Crippen LogP contribution in [0.5, 0.6) is 0 Å². The highest BCUT2D eigenvalue weighted by Gasteiger charge is 2.21. The first-order chi connectivity index (χ1) is 5.83. The van der Waals surface area contributed by atoms with Gasteiger partial charge in [-0.25, -0.2) is 4.57 Å². The van der Waals surface area contributed by atoms with Gasteiger partial charge in [-0.15, -0.1) is 0 Å². The Kier molecular flexibility index (Phi) is 9.59. The molecule has 0 saturated heterocycles. The lowest BCUT2D eigenvalue weighted by Crippen LogP contribution is -2.05. The van der Waals surface area contributed by atoms with Gasteiger partial charge in [0.1, 0.15) is 0 Å².